The molecule has 1 rings (SSSR count). The molecule has 1 aliphatic heterocycles. The molecule has 0 spiro atoms. The molecule has 0 radical (unpaired) electrons. The molecule has 0 N–H and O–H groups in total. The van der Waals surface area contributed by atoms with E-state index in [-0.39, 0.29) is 5.41 Å². The average Bonchev–Trinajstić information content (AvgIpc) is 2.47. The lowest BCUT2D eigenvalue weighted by Crippen LogP contribution is -2.42. The normalized spacial score (nSPS) is 27.0. The highest BCUT2D eigenvalue weighted by Crippen LogP contribution is 2.36. The fraction of sp³-hybridized carbons (Fsp3) is 1.00. The van der Waals surface area contributed by atoms with E-state index >= 15 is 0 Å². The van der Waals surface area contributed by atoms with E-state index in [4.69, 9.17) is 0 Å². The molecule has 1 heterocycles. The van der Waals surface area contributed by atoms with Crippen LogP contribution in [0.5, 0.6) is 0 Å². The number of hydrogen-bond donors (Lipinski definition) is 0. The maximum absolute atomic E-state index is 12.5. The summed E-state index contributed by atoms with van der Waals surface area (Å²) in [4.78, 5) is 1.55. The van der Waals surface area contributed by atoms with Crippen molar-refractivity contribution in [1.29, 1.82) is 0 Å². The molecule has 1 aliphatic rings. The first-order valence-electron chi connectivity index (χ1n) is 5.43. The van der Waals surface area contributed by atoms with Crippen molar-refractivity contribution in [2.75, 3.05) is 13.1 Å². The van der Waals surface area contributed by atoms with E-state index < -0.39 is 12.2 Å². The topological polar surface area (TPSA) is 3.24 Å². The first-order chi connectivity index (χ1) is 6.62. The largest absolute Gasteiger partial charge is 0.403 e. The Morgan fingerprint density at radius 1 is 1.20 bits per heavy atom. The molecule has 1 saturated heterocycles. The predicted molar refractivity (Wildman–Crippen MR) is 54.7 cm³/mol. The molecule has 4 heteroatoms. The number of alkyl halides is 3. The Morgan fingerprint density at radius 3 is 2.07 bits per heavy atom. The Hall–Kier alpha value is -0.250. The van der Waals surface area contributed by atoms with E-state index in [2.05, 4.69) is 20.8 Å². The molecule has 0 aromatic heterocycles. The number of nitrogens with zero attached hydrogens (tertiary/aromatic N) is 1. The number of rotatable bonds is 1. The molecule has 0 amide bonds. The van der Waals surface area contributed by atoms with E-state index in [0.717, 1.165) is 6.42 Å². The molecule has 0 saturated carbocycles. The van der Waals surface area contributed by atoms with Crippen molar-refractivity contribution >= 4 is 0 Å². The molecule has 0 aliphatic carbocycles. The number of hydrogen-bond acceptors (Lipinski definition) is 1. The Bertz CT molecular complexity index is 217. The number of halogens is 3. The highest BCUT2D eigenvalue weighted by Gasteiger charge is 2.43. The van der Waals surface area contributed by atoms with E-state index in [0.29, 0.717) is 19.0 Å². The van der Waals surface area contributed by atoms with Crippen LogP contribution in [0, 0.1) is 11.3 Å². The quantitative estimate of drug-likeness (QED) is 0.659. The van der Waals surface area contributed by atoms with Crippen LogP contribution >= 0.6 is 0 Å². The van der Waals surface area contributed by atoms with E-state index in [1.807, 2.05) is 0 Å². The summed E-state index contributed by atoms with van der Waals surface area (Å²) >= 11 is 0. The van der Waals surface area contributed by atoms with Gasteiger partial charge in [0.15, 0.2) is 0 Å². The molecular weight excluding hydrogens is 203 g/mol. The van der Waals surface area contributed by atoms with Crippen LogP contribution in [0.25, 0.3) is 0 Å². The third-order valence-electron chi connectivity index (χ3n) is 3.47. The van der Waals surface area contributed by atoms with Gasteiger partial charge in [-0.15, -0.1) is 0 Å². The molecule has 0 aromatic rings. The molecule has 1 fully saturated rings. The smallest absolute Gasteiger partial charge is 0.292 e. The zero-order chi connectivity index (χ0) is 11.9. The van der Waals surface area contributed by atoms with Gasteiger partial charge in [0.2, 0.25) is 0 Å². The Kier molecular flexibility index (Phi) is 3.39. The second-order valence-corrected chi connectivity index (χ2v) is 5.56. The lowest BCUT2D eigenvalue weighted by Gasteiger charge is -2.30. The minimum absolute atomic E-state index is 0.111. The molecular formula is C11H20F3N. The molecule has 0 bridgehead atoms. The lowest BCUT2D eigenvalue weighted by atomic mass is 9.80. The van der Waals surface area contributed by atoms with E-state index in [9.17, 15) is 13.2 Å². The highest BCUT2D eigenvalue weighted by atomic mass is 19.4. The van der Waals surface area contributed by atoms with Crippen molar-refractivity contribution in [3.8, 4) is 0 Å². The van der Waals surface area contributed by atoms with Crippen molar-refractivity contribution in [2.24, 2.45) is 11.3 Å². The molecule has 0 aromatic carbocycles. The van der Waals surface area contributed by atoms with Crippen LogP contribution in [0.4, 0.5) is 13.2 Å². The standard InChI is InChI=1S/C11H20F3N/c1-8(11(12,13)14)15-6-5-9(7-15)10(2,3)4/h8-9H,5-7H2,1-4H3. The first kappa shape index (κ1) is 12.8. The summed E-state index contributed by atoms with van der Waals surface area (Å²) in [6.07, 6.45) is -3.21. The van der Waals surface area contributed by atoms with Gasteiger partial charge >= 0.3 is 6.18 Å². The summed E-state index contributed by atoms with van der Waals surface area (Å²) in [5.41, 5.74) is 0.111. The third kappa shape index (κ3) is 3.10. The summed E-state index contributed by atoms with van der Waals surface area (Å²) in [7, 11) is 0. The minimum Gasteiger partial charge on any atom is -0.292 e. The van der Waals surface area contributed by atoms with Crippen LogP contribution in [0.1, 0.15) is 34.1 Å². The van der Waals surface area contributed by atoms with Crippen LogP contribution < -0.4 is 0 Å². The Morgan fingerprint density at radius 2 is 1.73 bits per heavy atom. The van der Waals surface area contributed by atoms with Gasteiger partial charge in [-0.05, 0) is 31.2 Å². The number of likely N-dealkylation sites (tertiary alicyclic amines) is 1. The van der Waals surface area contributed by atoms with Gasteiger partial charge in [0.25, 0.3) is 0 Å². The van der Waals surface area contributed by atoms with Crippen molar-refractivity contribution in [2.45, 2.75) is 46.3 Å². The van der Waals surface area contributed by atoms with Gasteiger partial charge in [-0.3, -0.25) is 4.90 Å². The van der Waals surface area contributed by atoms with Gasteiger partial charge in [-0.1, -0.05) is 20.8 Å². The summed E-state index contributed by atoms with van der Waals surface area (Å²) in [5, 5.41) is 0. The predicted octanol–water partition coefficient (Wildman–Crippen LogP) is 3.31. The van der Waals surface area contributed by atoms with Crippen LogP contribution in [0.2, 0.25) is 0 Å². The van der Waals surface area contributed by atoms with Crippen LogP contribution in [-0.2, 0) is 0 Å². The fourth-order valence-corrected chi connectivity index (χ4v) is 2.05. The third-order valence-corrected chi connectivity index (χ3v) is 3.47. The SMILES string of the molecule is CC(N1CCC(C(C)(C)C)C1)C(F)(F)F. The molecule has 90 valence electrons. The molecule has 2 unspecified atom stereocenters. The second-order valence-electron chi connectivity index (χ2n) is 5.56. The van der Waals surface area contributed by atoms with Gasteiger partial charge in [0.05, 0.1) is 0 Å². The molecule has 15 heavy (non-hydrogen) atoms. The average molecular weight is 223 g/mol. The van der Waals surface area contributed by atoms with Gasteiger partial charge < -0.3 is 0 Å². The second kappa shape index (κ2) is 3.96. The summed E-state index contributed by atoms with van der Waals surface area (Å²) < 4.78 is 37.4. The van der Waals surface area contributed by atoms with Gasteiger partial charge in [-0.2, -0.15) is 13.2 Å². The Balaban J connectivity index is 2.57. The molecule has 1 nitrogen and oxygen atoms in total. The van der Waals surface area contributed by atoms with Crippen LogP contribution in [-0.4, -0.2) is 30.2 Å². The summed E-state index contributed by atoms with van der Waals surface area (Å²) in [6, 6.07) is -1.30. The maximum atomic E-state index is 12.5. The monoisotopic (exact) mass is 223 g/mol. The summed E-state index contributed by atoms with van der Waals surface area (Å²) in [6.45, 7) is 8.69. The zero-order valence-electron chi connectivity index (χ0n) is 9.86. The van der Waals surface area contributed by atoms with E-state index in [1.54, 1.807) is 4.90 Å². The van der Waals surface area contributed by atoms with Gasteiger partial charge in [0, 0.05) is 6.54 Å². The van der Waals surface area contributed by atoms with Crippen LogP contribution in [0.3, 0.4) is 0 Å². The minimum atomic E-state index is -4.09. The zero-order valence-corrected chi connectivity index (χ0v) is 9.86. The van der Waals surface area contributed by atoms with Crippen molar-refractivity contribution in [3.63, 3.8) is 0 Å². The van der Waals surface area contributed by atoms with Crippen molar-refractivity contribution < 1.29 is 13.2 Å². The van der Waals surface area contributed by atoms with Crippen molar-refractivity contribution in [3.05, 3.63) is 0 Å². The van der Waals surface area contributed by atoms with Gasteiger partial charge in [0.1, 0.15) is 6.04 Å². The fourth-order valence-electron chi connectivity index (χ4n) is 2.05. The maximum Gasteiger partial charge on any atom is 0.403 e. The molecule has 2 atom stereocenters. The lowest BCUT2D eigenvalue weighted by molar-refractivity contribution is -0.176. The van der Waals surface area contributed by atoms with Crippen LogP contribution in [0.15, 0.2) is 0 Å². The van der Waals surface area contributed by atoms with Crippen molar-refractivity contribution in [1.82, 2.24) is 4.90 Å². The van der Waals surface area contributed by atoms with E-state index in [1.165, 1.54) is 6.92 Å². The summed E-state index contributed by atoms with van der Waals surface area (Å²) in [5.74, 6) is 0.377. The van der Waals surface area contributed by atoms with Gasteiger partial charge in [-0.25, -0.2) is 0 Å². The first-order valence-corrected chi connectivity index (χ1v) is 5.43. The Labute approximate surface area is 89.6 Å². The highest BCUT2D eigenvalue weighted by molar-refractivity contribution is 4.87.